The summed E-state index contributed by atoms with van der Waals surface area (Å²) in [7, 11) is 1.83. The molecule has 0 saturated heterocycles. The van der Waals surface area contributed by atoms with E-state index < -0.39 is 0 Å². The SMILES string of the molecule is Cn1cc(OCc2ccno2)cn1. The van der Waals surface area contributed by atoms with Gasteiger partial charge in [-0.25, -0.2) is 0 Å². The van der Waals surface area contributed by atoms with E-state index in [9.17, 15) is 0 Å². The van der Waals surface area contributed by atoms with Gasteiger partial charge in [0.15, 0.2) is 11.5 Å². The summed E-state index contributed by atoms with van der Waals surface area (Å²) in [5.41, 5.74) is 0. The Bertz CT molecular complexity index is 366. The molecule has 5 nitrogen and oxygen atoms in total. The molecular weight excluding hydrogens is 170 g/mol. The van der Waals surface area contributed by atoms with Crippen molar-refractivity contribution in [3.8, 4) is 5.75 Å². The second-order valence-corrected chi connectivity index (χ2v) is 2.62. The van der Waals surface area contributed by atoms with E-state index in [1.807, 2.05) is 7.05 Å². The van der Waals surface area contributed by atoms with Crippen LogP contribution in [0, 0.1) is 0 Å². The highest BCUT2D eigenvalue weighted by Crippen LogP contribution is 2.09. The Hall–Kier alpha value is -1.78. The topological polar surface area (TPSA) is 53.1 Å². The summed E-state index contributed by atoms with van der Waals surface area (Å²) in [5.74, 6) is 1.42. The van der Waals surface area contributed by atoms with Gasteiger partial charge in [-0.2, -0.15) is 5.10 Å². The van der Waals surface area contributed by atoms with Gasteiger partial charge in [0.2, 0.25) is 0 Å². The molecule has 5 heteroatoms. The van der Waals surface area contributed by atoms with Crippen molar-refractivity contribution in [3.63, 3.8) is 0 Å². The minimum Gasteiger partial charge on any atom is -0.482 e. The molecule has 0 saturated carbocycles. The first-order valence-corrected chi connectivity index (χ1v) is 3.85. The lowest BCUT2D eigenvalue weighted by Crippen LogP contribution is -1.92. The number of nitrogens with zero attached hydrogens (tertiary/aromatic N) is 3. The van der Waals surface area contributed by atoms with Gasteiger partial charge in [-0.3, -0.25) is 4.68 Å². The van der Waals surface area contributed by atoms with E-state index in [-0.39, 0.29) is 0 Å². The summed E-state index contributed by atoms with van der Waals surface area (Å²) in [4.78, 5) is 0. The molecule has 0 aliphatic carbocycles. The quantitative estimate of drug-likeness (QED) is 0.705. The molecule has 68 valence electrons. The predicted octanol–water partition coefficient (Wildman–Crippen LogP) is 0.987. The Labute approximate surface area is 74.9 Å². The van der Waals surface area contributed by atoms with E-state index in [4.69, 9.17) is 9.26 Å². The Balaban J connectivity index is 1.93. The molecule has 0 atom stereocenters. The van der Waals surface area contributed by atoms with Crippen molar-refractivity contribution in [2.24, 2.45) is 7.05 Å². The maximum Gasteiger partial charge on any atom is 0.174 e. The van der Waals surface area contributed by atoms with Gasteiger partial charge in [-0.15, -0.1) is 0 Å². The molecule has 0 aliphatic heterocycles. The van der Waals surface area contributed by atoms with Crippen molar-refractivity contribution in [2.45, 2.75) is 6.61 Å². The number of aromatic nitrogens is 3. The molecule has 2 aromatic rings. The minimum atomic E-state index is 0.381. The Morgan fingerprint density at radius 3 is 3.15 bits per heavy atom. The van der Waals surface area contributed by atoms with Crippen LogP contribution in [0.5, 0.6) is 5.75 Å². The van der Waals surface area contributed by atoms with Crippen LogP contribution in [0.1, 0.15) is 5.76 Å². The molecule has 0 N–H and O–H groups in total. The predicted molar refractivity (Wildman–Crippen MR) is 44.0 cm³/mol. The van der Waals surface area contributed by atoms with Gasteiger partial charge in [0.05, 0.1) is 18.6 Å². The second-order valence-electron chi connectivity index (χ2n) is 2.62. The average molecular weight is 179 g/mol. The highest BCUT2D eigenvalue weighted by Gasteiger charge is 1.99. The first kappa shape index (κ1) is 7.85. The third-order valence-corrected chi connectivity index (χ3v) is 1.55. The van der Waals surface area contributed by atoms with Crippen molar-refractivity contribution >= 4 is 0 Å². The average Bonchev–Trinajstić information content (AvgIpc) is 2.71. The van der Waals surface area contributed by atoms with E-state index >= 15 is 0 Å². The van der Waals surface area contributed by atoms with E-state index in [0.717, 1.165) is 5.75 Å². The van der Waals surface area contributed by atoms with Gasteiger partial charge in [0.1, 0.15) is 6.61 Å². The van der Waals surface area contributed by atoms with Crippen molar-refractivity contribution < 1.29 is 9.26 Å². The van der Waals surface area contributed by atoms with Crippen molar-refractivity contribution in [2.75, 3.05) is 0 Å². The summed E-state index contributed by atoms with van der Waals surface area (Å²) in [5, 5.41) is 7.53. The lowest BCUT2D eigenvalue weighted by atomic mass is 10.5. The maximum absolute atomic E-state index is 5.35. The third-order valence-electron chi connectivity index (χ3n) is 1.55. The van der Waals surface area contributed by atoms with Crippen molar-refractivity contribution in [3.05, 3.63) is 30.4 Å². The lowest BCUT2D eigenvalue weighted by Gasteiger charge is -1.97. The fourth-order valence-electron chi connectivity index (χ4n) is 0.944. The van der Waals surface area contributed by atoms with Crippen LogP contribution in [0.25, 0.3) is 0 Å². The van der Waals surface area contributed by atoms with Crippen molar-refractivity contribution in [1.29, 1.82) is 0 Å². The lowest BCUT2D eigenvalue weighted by molar-refractivity contribution is 0.249. The van der Waals surface area contributed by atoms with E-state index in [1.165, 1.54) is 0 Å². The molecule has 0 bridgehead atoms. The molecule has 0 fully saturated rings. The van der Waals surface area contributed by atoms with Gasteiger partial charge in [-0.05, 0) is 0 Å². The molecule has 2 aromatic heterocycles. The van der Waals surface area contributed by atoms with Crippen LogP contribution in [0.4, 0.5) is 0 Å². The summed E-state index contributed by atoms with van der Waals surface area (Å²) in [6, 6.07) is 1.76. The van der Waals surface area contributed by atoms with E-state index in [1.54, 1.807) is 29.3 Å². The normalized spacial score (nSPS) is 10.2. The van der Waals surface area contributed by atoms with Gasteiger partial charge < -0.3 is 9.26 Å². The summed E-state index contributed by atoms with van der Waals surface area (Å²) in [6.45, 7) is 0.381. The molecule has 0 spiro atoms. The molecule has 13 heavy (non-hydrogen) atoms. The van der Waals surface area contributed by atoms with Gasteiger partial charge in [-0.1, -0.05) is 5.16 Å². The number of rotatable bonds is 3. The molecule has 0 amide bonds. The third kappa shape index (κ3) is 1.87. The zero-order valence-corrected chi connectivity index (χ0v) is 7.17. The maximum atomic E-state index is 5.35. The molecule has 0 aromatic carbocycles. The molecule has 2 rings (SSSR count). The first-order valence-electron chi connectivity index (χ1n) is 3.85. The Morgan fingerprint density at radius 2 is 2.54 bits per heavy atom. The smallest absolute Gasteiger partial charge is 0.174 e. The number of hydrogen-bond acceptors (Lipinski definition) is 4. The molecule has 2 heterocycles. The monoisotopic (exact) mass is 179 g/mol. The molecule has 0 radical (unpaired) electrons. The van der Waals surface area contributed by atoms with Crippen LogP contribution >= 0.6 is 0 Å². The van der Waals surface area contributed by atoms with Gasteiger partial charge in [0, 0.05) is 13.1 Å². The molecular formula is C8H9N3O2. The van der Waals surface area contributed by atoms with Gasteiger partial charge in [0.25, 0.3) is 0 Å². The van der Waals surface area contributed by atoms with Crippen LogP contribution in [0.15, 0.2) is 29.2 Å². The highest BCUT2D eigenvalue weighted by molar-refractivity contribution is 5.11. The standard InChI is InChI=1S/C8H9N3O2/c1-11-5-8(4-9-11)12-6-7-2-3-10-13-7/h2-5H,6H2,1H3. The fourth-order valence-corrected chi connectivity index (χ4v) is 0.944. The van der Waals surface area contributed by atoms with Crippen LogP contribution in [-0.4, -0.2) is 14.9 Å². The van der Waals surface area contributed by atoms with E-state index in [0.29, 0.717) is 12.4 Å². The van der Waals surface area contributed by atoms with Crippen molar-refractivity contribution in [1.82, 2.24) is 14.9 Å². The van der Waals surface area contributed by atoms with E-state index in [2.05, 4.69) is 10.3 Å². The Morgan fingerprint density at radius 1 is 1.62 bits per heavy atom. The van der Waals surface area contributed by atoms with Crippen LogP contribution in [0.2, 0.25) is 0 Å². The summed E-state index contributed by atoms with van der Waals surface area (Å²) < 4.78 is 11.9. The summed E-state index contributed by atoms with van der Waals surface area (Å²) in [6.07, 6.45) is 5.02. The zero-order chi connectivity index (χ0) is 9.10. The number of hydrogen-bond donors (Lipinski definition) is 0. The van der Waals surface area contributed by atoms with Gasteiger partial charge >= 0.3 is 0 Å². The first-order chi connectivity index (χ1) is 6.34. The highest BCUT2D eigenvalue weighted by atomic mass is 16.5. The summed E-state index contributed by atoms with van der Waals surface area (Å²) >= 11 is 0. The molecule has 0 aliphatic rings. The van der Waals surface area contributed by atoms with Crippen LogP contribution < -0.4 is 4.74 Å². The van der Waals surface area contributed by atoms with Crippen LogP contribution in [-0.2, 0) is 13.7 Å². The minimum absolute atomic E-state index is 0.381. The molecule has 0 unspecified atom stereocenters. The fraction of sp³-hybridized carbons (Fsp3) is 0.250. The number of ether oxygens (including phenoxy) is 1. The zero-order valence-electron chi connectivity index (χ0n) is 7.17. The second kappa shape index (κ2) is 3.30. The Kier molecular flexibility index (Phi) is 1.99. The van der Waals surface area contributed by atoms with Crippen LogP contribution in [0.3, 0.4) is 0 Å². The number of aryl methyl sites for hydroxylation is 1. The largest absolute Gasteiger partial charge is 0.482 e.